The van der Waals surface area contributed by atoms with Gasteiger partial charge in [0.25, 0.3) is 0 Å². The third kappa shape index (κ3) is 3.71. The zero-order valence-electron chi connectivity index (χ0n) is 16.6. The van der Waals surface area contributed by atoms with Crippen LogP contribution in [0.1, 0.15) is 20.8 Å². The Bertz CT molecular complexity index is 1090. The molecular weight excluding hydrogens is 358 g/mol. The van der Waals surface area contributed by atoms with Crippen molar-refractivity contribution in [3.05, 3.63) is 52.7 Å². The molecule has 0 aliphatic heterocycles. The quantitative estimate of drug-likeness (QED) is 0.722. The van der Waals surface area contributed by atoms with E-state index in [-0.39, 0.29) is 11.3 Å². The lowest BCUT2D eigenvalue weighted by molar-refractivity contribution is -0.123. The molecule has 1 amide bonds. The highest BCUT2D eigenvalue weighted by Crippen LogP contribution is 2.33. The molecule has 0 unspecified atom stereocenters. The van der Waals surface area contributed by atoms with Crippen molar-refractivity contribution in [2.45, 2.75) is 20.8 Å². The first-order chi connectivity index (χ1) is 13.2. The minimum Gasteiger partial charge on any atom is -0.493 e. The summed E-state index contributed by atoms with van der Waals surface area (Å²) in [5, 5.41) is 3.16. The number of methoxy groups -OCH3 is 2. The van der Waals surface area contributed by atoms with Crippen molar-refractivity contribution in [3.63, 3.8) is 0 Å². The number of ether oxygens (including phenoxy) is 2. The van der Waals surface area contributed by atoms with Gasteiger partial charge in [0.05, 0.1) is 25.3 Å². The third-order valence-corrected chi connectivity index (χ3v) is 4.35. The molecule has 0 radical (unpaired) electrons. The highest BCUT2D eigenvalue weighted by atomic mass is 16.5. The van der Waals surface area contributed by atoms with E-state index in [1.807, 2.05) is 20.8 Å². The van der Waals surface area contributed by atoms with E-state index in [1.54, 1.807) is 50.6 Å². The summed E-state index contributed by atoms with van der Waals surface area (Å²) in [5.74, 6) is 1.34. The smallest absolute Gasteiger partial charge is 0.229 e. The van der Waals surface area contributed by atoms with Gasteiger partial charge >= 0.3 is 0 Å². The minimum absolute atomic E-state index is 0.177. The maximum absolute atomic E-state index is 12.8. The predicted octanol–water partition coefficient (Wildman–Crippen LogP) is 4.46. The monoisotopic (exact) mass is 381 g/mol. The molecule has 0 saturated heterocycles. The Kier molecular flexibility index (Phi) is 5.14. The van der Waals surface area contributed by atoms with Gasteiger partial charge in [-0.15, -0.1) is 0 Å². The highest BCUT2D eigenvalue weighted by molar-refractivity contribution is 6.02. The molecule has 0 aliphatic carbocycles. The van der Waals surface area contributed by atoms with Crippen molar-refractivity contribution in [2.24, 2.45) is 5.41 Å². The van der Waals surface area contributed by atoms with Crippen LogP contribution in [0.5, 0.6) is 11.5 Å². The molecule has 0 spiro atoms. The molecule has 146 valence electrons. The molecular formula is C22H23NO5. The van der Waals surface area contributed by atoms with Gasteiger partial charge in [0.15, 0.2) is 16.9 Å². The Balaban J connectivity index is 2.10. The second-order valence-electron chi connectivity index (χ2n) is 7.43. The molecule has 0 saturated carbocycles. The number of benzene rings is 2. The molecule has 0 bridgehead atoms. The van der Waals surface area contributed by atoms with Crippen molar-refractivity contribution in [1.29, 1.82) is 0 Å². The summed E-state index contributed by atoms with van der Waals surface area (Å²) in [6.45, 7) is 5.43. The van der Waals surface area contributed by atoms with Crippen molar-refractivity contribution < 1.29 is 18.7 Å². The fourth-order valence-corrected chi connectivity index (χ4v) is 2.76. The summed E-state index contributed by atoms with van der Waals surface area (Å²) in [6, 6.07) is 11.8. The maximum atomic E-state index is 12.8. The van der Waals surface area contributed by atoms with E-state index in [4.69, 9.17) is 13.9 Å². The molecule has 1 heterocycles. The van der Waals surface area contributed by atoms with Crippen molar-refractivity contribution in [3.8, 4) is 22.8 Å². The van der Waals surface area contributed by atoms with Crippen LogP contribution in [0.3, 0.4) is 0 Å². The van der Waals surface area contributed by atoms with Crippen LogP contribution in [-0.2, 0) is 4.79 Å². The average molecular weight is 381 g/mol. The normalized spacial score (nSPS) is 11.3. The zero-order chi connectivity index (χ0) is 20.5. The lowest BCUT2D eigenvalue weighted by Gasteiger charge is -2.18. The fourth-order valence-electron chi connectivity index (χ4n) is 2.76. The van der Waals surface area contributed by atoms with E-state index in [0.29, 0.717) is 39.5 Å². The Hall–Kier alpha value is -3.28. The largest absolute Gasteiger partial charge is 0.493 e. The first kappa shape index (κ1) is 19.5. The van der Waals surface area contributed by atoms with Crippen LogP contribution in [0.25, 0.3) is 22.3 Å². The Morgan fingerprint density at radius 2 is 1.71 bits per heavy atom. The molecule has 0 atom stereocenters. The molecule has 3 rings (SSSR count). The second-order valence-corrected chi connectivity index (χ2v) is 7.43. The summed E-state index contributed by atoms with van der Waals surface area (Å²) in [6.07, 6.45) is 0. The van der Waals surface area contributed by atoms with Gasteiger partial charge in [-0.05, 0) is 30.3 Å². The van der Waals surface area contributed by atoms with E-state index in [1.165, 1.54) is 6.07 Å². The molecule has 1 aromatic heterocycles. The molecule has 3 aromatic rings. The van der Waals surface area contributed by atoms with Gasteiger partial charge in [-0.2, -0.15) is 0 Å². The number of anilines is 1. The topological polar surface area (TPSA) is 77.8 Å². The van der Waals surface area contributed by atoms with Crippen LogP contribution >= 0.6 is 0 Å². The second kappa shape index (κ2) is 7.38. The number of rotatable bonds is 4. The summed E-state index contributed by atoms with van der Waals surface area (Å²) < 4.78 is 16.5. The van der Waals surface area contributed by atoms with Gasteiger partial charge in [-0.3, -0.25) is 9.59 Å². The van der Waals surface area contributed by atoms with Crippen LogP contribution in [0.15, 0.2) is 51.7 Å². The first-order valence-electron chi connectivity index (χ1n) is 8.85. The number of hydrogen-bond acceptors (Lipinski definition) is 5. The van der Waals surface area contributed by atoms with Crippen LogP contribution in [0.4, 0.5) is 5.69 Å². The van der Waals surface area contributed by atoms with Gasteiger partial charge in [0, 0.05) is 17.0 Å². The number of hydrogen-bond donors (Lipinski definition) is 1. The number of amides is 1. The molecule has 6 nitrogen and oxygen atoms in total. The number of nitrogens with one attached hydrogen (secondary N) is 1. The summed E-state index contributed by atoms with van der Waals surface area (Å²) in [7, 11) is 3.10. The maximum Gasteiger partial charge on any atom is 0.229 e. The number of carbonyl (C=O) groups excluding carboxylic acids is 1. The molecule has 2 aromatic carbocycles. The Morgan fingerprint density at radius 1 is 1.00 bits per heavy atom. The first-order valence-corrected chi connectivity index (χ1v) is 8.85. The van der Waals surface area contributed by atoms with Crippen LogP contribution in [-0.4, -0.2) is 20.1 Å². The van der Waals surface area contributed by atoms with Gasteiger partial charge in [0.2, 0.25) is 5.91 Å². The predicted molar refractivity (Wildman–Crippen MR) is 109 cm³/mol. The van der Waals surface area contributed by atoms with E-state index in [9.17, 15) is 9.59 Å². The minimum atomic E-state index is -0.581. The Labute approximate surface area is 163 Å². The van der Waals surface area contributed by atoms with Crippen LogP contribution < -0.4 is 20.2 Å². The van der Waals surface area contributed by atoms with Gasteiger partial charge < -0.3 is 19.2 Å². The average Bonchev–Trinajstić information content (AvgIpc) is 2.66. The fraction of sp³-hybridized carbons (Fsp3) is 0.273. The van der Waals surface area contributed by atoms with E-state index in [0.717, 1.165) is 0 Å². The molecule has 1 N–H and O–H groups in total. The van der Waals surface area contributed by atoms with Crippen LogP contribution in [0, 0.1) is 5.41 Å². The highest BCUT2D eigenvalue weighted by Gasteiger charge is 2.22. The molecule has 6 heteroatoms. The van der Waals surface area contributed by atoms with Gasteiger partial charge in [0.1, 0.15) is 11.3 Å². The molecule has 0 aliphatic rings. The summed E-state index contributed by atoms with van der Waals surface area (Å²) in [5.41, 5.74) is 0.688. The summed E-state index contributed by atoms with van der Waals surface area (Å²) in [4.78, 5) is 25.2. The van der Waals surface area contributed by atoms with Gasteiger partial charge in [-0.25, -0.2) is 0 Å². The number of carbonyl (C=O) groups is 1. The lowest BCUT2D eigenvalue weighted by Crippen LogP contribution is -2.28. The zero-order valence-corrected chi connectivity index (χ0v) is 16.6. The van der Waals surface area contributed by atoms with Gasteiger partial charge in [-0.1, -0.05) is 26.8 Å². The van der Waals surface area contributed by atoms with Crippen LogP contribution in [0.2, 0.25) is 0 Å². The van der Waals surface area contributed by atoms with Crippen molar-refractivity contribution in [1.82, 2.24) is 0 Å². The van der Waals surface area contributed by atoms with E-state index >= 15 is 0 Å². The third-order valence-electron chi connectivity index (χ3n) is 4.35. The lowest BCUT2D eigenvalue weighted by atomic mass is 9.95. The van der Waals surface area contributed by atoms with Crippen molar-refractivity contribution in [2.75, 3.05) is 19.5 Å². The number of fused-ring (bicyclic) bond motifs is 1. The van der Waals surface area contributed by atoms with E-state index < -0.39 is 5.41 Å². The Morgan fingerprint density at radius 3 is 2.36 bits per heavy atom. The SMILES string of the molecule is COc1ccc(-c2cc(=O)c3c(NC(=O)C(C)(C)C)cccc3o2)cc1OC. The molecule has 28 heavy (non-hydrogen) atoms. The molecule has 0 fully saturated rings. The standard InChI is InChI=1S/C22H23NO5/c1-22(2,3)21(25)23-14-7-6-8-17-20(14)15(24)12-18(28-17)13-9-10-16(26-4)19(11-13)27-5/h6-12H,1-5H3,(H,23,25). The summed E-state index contributed by atoms with van der Waals surface area (Å²) >= 11 is 0. The van der Waals surface area contributed by atoms with E-state index in [2.05, 4.69) is 5.32 Å². The van der Waals surface area contributed by atoms with Crippen molar-refractivity contribution >= 4 is 22.6 Å².